The number of carbonyl (C=O) groups is 1. The largest absolute Gasteiger partial charge is 0.356 e. The molecule has 4 heteroatoms. The molecule has 3 nitrogen and oxygen atoms in total. The van der Waals surface area contributed by atoms with E-state index in [1.165, 1.54) is 0 Å². The molecule has 1 saturated carbocycles. The van der Waals surface area contributed by atoms with E-state index >= 15 is 0 Å². The third-order valence-corrected chi connectivity index (χ3v) is 4.06. The fourth-order valence-corrected chi connectivity index (χ4v) is 3.05. The van der Waals surface area contributed by atoms with Crippen molar-refractivity contribution < 1.29 is 4.79 Å². The first kappa shape index (κ1) is 10.3. The average Bonchev–Trinajstić information content (AvgIpc) is 2.75. The Morgan fingerprint density at radius 2 is 1.94 bits per heavy atom. The van der Waals surface area contributed by atoms with Crippen LogP contribution in [-0.4, -0.2) is 23.9 Å². The second-order valence-electron chi connectivity index (χ2n) is 4.71. The SMILES string of the molecule is O=C1CC2CN(c3ccc(Br)cn3)CC2C1. The Morgan fingerprint density at radius 3 is 2.50 bits per heavy atom. The highest BCUT2D eigenvalue weighted by atomic mass is 79.9. The van der Waals surface area contributed by atoms with Crippen LogP contribution in [0.3, 0.4) is 0 Å². The number of hydrogen-bond donors (Lipinski definition) is 0. The fourth-order valence-electron chi connectivity index (χ4n) is 2.81. The first-order valence-electron chi connectivity index (χ1n) is 5.60. The van der Waals surface area contributed by atoms with Crippen LogP contribution < -0.4 is 4.90 Å². The van der Waals surface area contributed by atoms with Gasteiger partial charge in [-0.3, -0.25) is 4.79 Å². The quantitative estimate of drug-likeness (QED) is 0.791. The molecule has 16 heavy (non-hydrogen) atoms. The van der Waals surface area contributed by atoms with Crippen molar-refractivity contribution in [2.75, 3.05) is 18.0 Å². The van der Waals surface area contributed by atoms with Crippen LogP contribution in [0.1, 0.15) is 12.8 Å². The van der Waals surface area contributed by atoms with Gasteiger partial charge in [0.25, 0.3) is 0 Å². The molecule has 2 fully saturated rings. The zero-order valence-corrected chi connectivity index (χ0v) is 10.5. The van der Waals surface area contributed by atoms with Crippen molar-refractivity contribution in [1.29, 1.82) is 0 Å². The van der Waals surface area contributed by atoms with Crippen LogP contribution in [0.5, 0.6) is 0 Å². The van der Waals surface area contributed by atoms with E-state index in [0.29, 0.717) is 17.6 Å². The lowest BCUT2D eigenvalue weighted by molar-refractivity contribution is -0.117. The minimum absolute atomic E-state index is 0.443. The summed E-state index contributed by atoms with van der Waals surface area (Å²) in [5.74, 6) is 2.61. The summed E-state index contributed by atoms with van der Waals surface area (Å²) in [5, 5.41) is 0. The Kier molecular flexibility index (Phi) is 2.46. The van der Waals surface area contributed by atoms with Gasteiger partial charge in [0.2, 0.25) is 0 Å². The Morgan fingerprint density at radius 1 is 1.25 bits per heavy atom. The molecule has 1 aromatic rings. The number of halogens is 1. The summed E-state index contributed by atoms with van der Waals surface area (Å²) < 4.78 is 1.01. The molecule has 2 atom stereocenters. The molecule has 0 N–H and O–H groups in total. The van der Waals surface area contributed by atoms with Crippen LogP contribution in [0.25, 0.3) is 0 Å². The molecule has 0 amide bonds. The van der Waals surface area contributed by atoms with E-state index in [4.69, 9.17) is 0 Å². The van der Waals surface area contributed by atoms with E-state index in [9.17, 15) is 4.79 Å². The minimum atomic E-state index is 0.443. The van der Waals surface area contributed by atoms with E-state index in [-0.39, 0.29) is 0 Å². The monoisotopic (exact) mass is 280 g/mol. The predicted molar refractivity (Wildman–Crippen MR) is 65.4 cm³/mol. The molecular formula is C12H13BrN2O. The van der Waals surface area contributed by atoms with Gasteiger partial charge in [-0.1, -0.05) is 0 Å². The van der Waals surface area contributed by atoms with Gasteiger partial charge in [-0.05, 0) is 39.9 Å². The second kappa shape index (κ2) is 3.84. The maximum Gasteiger partial charge on any atom is 0.133 e. The summed E-state index contributed by atoms with van der Waals surface area (Å²) in [5.41, 5.74) is 0. The van der Waals surface area contributed by atoms with E-state index in [0.717, 1.165) is 36.2 Å². The lowest BCUT2D eigenvalue weighted by Crippen LogP contribution is -2.22. The summed E-state index contributed by atoms with van der Waals surface area (Å²) in [6.07, 6.45) is 3.38. The molecule has 2 unspecified atom stereocenters. The standard InChI is InChI=1S/C12H13BrN2O/c13-10-1-2-12(14-5-10)15-6-8-3-11(16)4-9(8)7-15/h1-2,5,8-9H,3-4,6-7H2. The topological polar surface area (TPSA) is 33.2 Å². The zero-order chi connectivity index (χ0) is 11.1. The number of rotatable bonds is 1. The van der Waals surface area contributed by atoms with Crippen molar-refractivity contribution in [2.24, 2.45) is 11.8 Å². The van der Waals surface area contributed by atoms with E-state index in [1.807, 2.05) is 18.3 Å². The Hall–Kier alpha value is -0.900. The molecule has 84 valence electrons. The van der Waals surface area contributed by atoms with Gasteiger partial charge in [0.15, 0.2) is 0 Å². The highest BCUT2D eigenvalue weighted by molar-refractivity contribution is 9.10. The van der Waals surface area contributed by atoms with Gasteiger partial charge in [-0.2, -0.15) is 0 Å². The van der Waals surface area contributed by atoms with E-state index in [2.05, 4.69) is 25.8 Å². The predicted octanol–water partition coefficient (Wildman–Crippen LogP) is 2.26. The number of fused-ring (bicyclic) bond motifs is 1. The van der Waals surface area contributed by atoms with Gasteiger partial charge in [0.05, 0.1) is 0 Å². The third-order valence-electron chi connectivity index (χ3n) is 3.59. The summed E-state index contributed by atoms with van der Waals surface area (Å²) in [6.45, 7) is 1.98. The van der Waals surface area contributed by atoms with Gasteiger partial charge in [-0.15, -0.1) is 0 Å². The van der Waals surface area contributed by atoms with Crippen molar-refractivity contribution >= 4 is 27.5 Å². The summed E-state index contributed by atoms with van der Waals surface area (Å²) in [6, 6.07) is 4.05. The molecular weight excluding hydrogens is 268 g/mol. The van der Waals surface area contributed by atoms with Crippen molar-refractivity contribution in [3.63, 3.8) is 0 Å². The summed E-state index contributed by atoms with van der Waals surface area (Å²) in [7, 11) is 0. The Bertz CT molecular complexity index is 402. The number of pyridine rings is 1. The highest BCUT2D eigenvalue weighted by Gasteiger charge is 2.40. The molecule has 1 saturated heterocycles. The summed E-state index contributed by atoms with van der Waals surface area (Å²) >= 11 is 3.38. The second-order valence-corrected chi connectivity index (χ2v) is 5.62. The van der Waals surface area contributed by atoms with Crippen molar-refractivity contribution in [3.05, 3.63) is 22.8 Å². The molecule has 1 aliphatic heterocycles. The molecule has 0 bridgehead atoms. The van der Waals surface area contributed by atoms with Gasteiger partial charge >= 0.3 is 0 Å². The number of Topliss-reactive ketones (excluding diaryl/α,β-unsaturated/α-hetero) is 1. The number of ketones is 1. The number of carbonyl (C=O) groups excluding carboxylic acids is 1. The van der Waals surface area contributed by atoms with Crippen molar-refractivity contribution in [1.82, 2.24) is 4.98 Å². The zero-order valence-electron chi connectivity index (χ0n) is 8.90. The molecule has 0 aromatic carbocycles. The van der Waals surface area contributed by atoms with Crippen LogP contribution in [0.4, 0.5) is 5.82 Å². The lowest BCUT2D eigenvalue weighted by Gasteiger charge is -2.17. The maximum absolute atomic E-state index is 11.3. The minimum Gasteiger partial charge on any atom is -0.356 e. The number of anilines is 1. The maximum atomic E-state index is 11.3. The molecule has 2 aliphatic rings. The van der Waals surface area contributed by atoms with Gasteiger partial charge in [-0.25, -0.2) is 4.98 Å². The smallest absolute Gasteiger partial charge is 0.133 e. The Balaban J connectivity index is 1.75. The van der Waals surface area contributed by atoms with E-state index in [1.54, 1.807) is 0 Å². The molecule has 3 rings (SSSR count). The first-order chi connectivity index (χ1) is 7.72. The van der Waals surface area contributed by atoms with Crippen LogP contribution in [0.2, 0.25) is 0 Å². The number of aromatic nitrogens is 1. The van der Waals surface area contributed by atoms with Gasteiger partial charge in [0, 0.05) is 36.6 Å². The molecule has 0 radical (unpaired) electrons. The Labute approximate surface area is 103 Å². The highest BCUT2D eigenvalue weighted by Crippen LogP contribution is 2.37. The molecule has 1 aliphatic carbocycles. The first-order valence-corrected chi connectivity index (χ1v) is 6.40. The molecule has 0 spiro atoms. The number of nitrogens with zero attached hydrogens (tertiary/aromatic N) is 2. The van der Waals surface area contributed by atoms with Crippen LogP contribution in [-0.2, 0) is 4.79 Å². The van der Waals surface area contributed by atoms with Crippen LogP contribution in [0, 0.1) is 11.8 Å². The van der Waals surface area contributed by atoms with Crippen LogP contribution >= 0.6 is 15.9 Å². The molecule has 2 heterocycles. The fraction of sp³-hybridized carbons (Fsp3) is 0.500. The van der Waals surface area contributed by atoms with Crippen molar-refractivity contribution in [2.45, 2.75) is 12.8 Å². The summed E-state index contributed by atoms with van der Waals surface area (Å²) in [4.78, 5) is 18.0. The third kappa shape index (κ3) is 1.75. The molecule has 1 aromatic heterocycles. The van der Waals surface area contributed by atoms with Gasteiger partial charge in [0.1, 0.15) is 11.6 Å². The van der Waals surface area contributed by atoms with Crippen molar-refractivity contribution in [3.8, 4) is 0 Å². The number of hydrogen-bond acceptors (Lipinski definition) is 3. The van der Waals surface area contributed by atoms with E-state index < -0.39 is 0 Å². The normalized spacial score (nSPS) is 28.6. The lowest BCUT2D eigenvalue weighted by atomic mass is 10.0. The van der Waals surface area contributed by atoms with Gasteiger partial charge < -0.3 is 4.90 Å². The van der Waals surface area contributed by atoms with Crippen LogP contribution in [0.15, 0.2) is 22.8 Å². The average molecular weight is 281 g/mol.